The van der Waals surface area contributed by atoms with E-state index in [2.05, 4.69) is 5.32 Å². The zero-order chi connectivity index (χ0) is 19.9. The molecule has 0 saturated carbocycles. The van der Waals surface area contributed by atoms with Crippen LogP contribution in [0.4, 0.5) is 4.39 Å². The molecular weight excluding hydrogens is 349 g/mol. The fourth-order valence-electron chi connectivity index (χ4n) is 2.60. The van der Waals surface area contributed by atoms with Gasteiger partial charge in [0.2, 0.25) is 5.91 Å². The first-order valence-corrected chi connectivity index (χ1v) is 8.74. The third-order valence-corrected chi connectivity index (χ3v) is 4.32. The summed E-state index contributed by atoms with van der Waals surface area (Å²) in [6.45, 7) is 1.55. The molecule has 0 spiro atoms. The Bertz CT molecular complexity index is 770. The Morgan fingerprint density at radius 2 is 1.70 bits per heavy atom. The predicted molar refractivity (Wildman–Crippen MR) is 100 cm³/mol. The highest BCUT2D eigenvalue weighted by Crippen LogP contribution is 2.20. The summed E-state index contributed by atoms with van der Waals surface area (Å²) in [6.07, 6.45) is 0.852. The number of rotatable bonds is 9. The Labute approximate surface area is 158 Å². The van der Waals surface area contributed by atoms with Gasteiger partial charge >= 0.3 is 0 Å². The van der Waals surface area contributed by atoms with E-state index >= 15 is 0 Å². The van der Waals surface area contributed by atoms with Crippen molar-refractivity contribution in [1.29, 1.82) is 0 Å². The summed E-state index contributed by atoms with van der Waals surface area (Å²) in [5.74, 6) is 0.00271. The molecule has 1 unspecified atom stereocenters. The van der Waals surface area contributed by atoms with Gasteiger partial charge in [-0.3, -0.25) is 9.59 Å². The number of amides is 1. The van der Waals surface area contributed by atoms with Gasteiger partial charge in [0, 0.05) is 18.4 Å². The molecule has 2 aromatic rings. The monoisotopic (exact) mass is 373 g/mol. The first-order chi connectivity index (χ1) is 12.8. The average Bonchev–Trinajstić information content (AvgIpc) is 2.67. The number of halogens is 1. The van der Waals surface area contributed by atoms with Crippen molar-refractivity contribution >= 4 is 11.7 Å². The lowest BCUT2D eigenvalue weighted by atomic mass is 9.96. The minimum absolute atomic E-state index is 0.00386. The number of carbonyl (C=O) groups is 2. The van der Waals surface area contributed by atoms with E-state index < -0.39 is 5.60 Å². The zero-order valence-electron chi connectivity index (χ0n) is 15.5. The summed E-state index contributed by atoms with van der Waals surface area (Å²) in [5.41, 5.74) is -0.211. The van der Waals surface area contributed by atoms with Crippen LogP contribution in [0.5, 0.6) is 5.75 Å². The number of ether oxygens (including phenoxy) is 1. The van der Waals surface area contributed by atoms with Gasteiger partial charge < -0.3 is 15.2 Å². The van der Waals surface area contributed by atoms with E-state index in [-0.39, 0.29) is 36.9 Å². The van der Waals surface area contributed by atoms with Gasteiger partial charge in [-0.15, -0.1) is 0 Å². The van der Waals surface area contributed by atoms with Crippen LogP contribution < -0.4 is 10.1 Å². The molecule has 2 aromatic carbocycles. The van der Waals surface area contributed by atoms with E-state index in [1.165, 1.54) is 24.3 Å². The summed E-state index contributed by atoms with van der Waals surface area (Å²) in [4.78, 5) is 24.1. The van der Waals surface area contributed by atoms with Crippen LogP contribution in [0.25, 0.3) is 0 Å². The second-order valence-electron chi connectivity index (χ2n) is 6.56. The Morgan fingerprint density at radius 1 is 1.07 bits per heavy atom. The number of carbonyl (C=O) groups excluding carboxylic acids is 2. The third kappa shape index (κ3) is 6.18. The van der Waals surface area contributed by atoms with Crippen LogP contribution >= 0.6 is 0 Å². The fraction of sp³-hybridized carbons (Fsp3) is 0.333. The van der Waals surface area contributed by atoms with Crippen LogP contribution in [0, 0.1) is 5.82 Å². The van der Waals surface area contributed by atoms with Crippen molar-refractivity contribution in [2.45, 2.75) is 31.8 Å². The molecule has 0 aromatic heterocycles. The predicted octanol–water partition coefficient (Wildman–Crippen LogP) is 3.21. The number of benzene rings is 2. The maximum Gasteiger partial charge on any atom is 0.220 e. The van der Waals surface area contributed by atoms with E-state index in [9.17, 15) is 19.1 Å². The van der Waals surface area contributed by atoms with Crippen LogP contribution in [0.15, 0.2) is 48.5 Å². The number of nitrogens with one attached hydrogen (secondary N) is 1. The molecule has 1 amide bonds. The molecule has 5 nitrogen and oxygen atoms in total. The molecular formula is C21H24FNO4. The van der Waals surface area contributed by atoms with Gasteiger partial charge in [0.1, 0.15) is 17.2 Å². The van der Waals surface area contributed by atoms with Gasteiger partial charge in [0.25, 0.3) is 0 Å². The topological polar surface area (TPSA) is 75.6 Å². The first-order valence-electron chi connectivity index (χ1n) is 8.74. The number of aliphatic hydroxyl groups is 1. The summed E-state index contributed by atoms with van der Waals surface area (Å²) < 4.78 is 18.0. The summed E-state index contributed by atoms with van der Waals surface area (Å²) in [7, 11) is 1.56. The second kappa shape index (κ2) is 9.28. The summed E-state index contributed by atoms with van der Waals surface area (Å²) >= 11 is 0. The largest absolute Gasteiger partial charge is 0.497 e. The van der Waals surface area contributed by atoms with Crippen LogP contribution in [0.2, 0.25) is 0 Å². The van der Waals surface area contributed by atoms with E-state index in [0.29, 0.717) is 23.3 Å². The molecule has 0 saturated heterocycles. The van der Waals surface area contributed by atoms with Gasteiger partial charge in [-0.05, 0) is 55.3 Å². The molecule has 0 heterocycles. The van der Waals surface area contributed by atoms with E-state index in [4.69, 9.17) is 4.74 Å². The van der Waals surface area contributed by atoms with Crippen molar-refractivity contribution in [1.82, 2.24) is 5.32 Å². The highest BCUT2D eigenvalue weighted by atomic mass is 19.1. The highest BCUT2D eigenvalue weighted by molar-refractivity contribution is 5.96. The quantitative estimate of drug-likeness (QED) is 0.662. The molecule has 0 fully saturated rings. The minimum atomic E-state index is -1.30. The molecule has 144 valence electrons. The van der Waals surface area contributed by atoms with Crippen molar-refractivity contribution in [2.24, 2.45) is 0 Å². The first kappa shape index (κ1) is 20.6. The zero-order valence-corrected chi connectivity index (χ0v) is 15.5. The Balaban J connectivity index is 1.75. The van der Waals surface area contributed by atoms with Crippen molar-refractivity contribution in [3.05, 3.63) is 65.5 Å². The molecule has 2 rings (SSSR count). The van der Waals surface area contributed by atoms with E-state index in [1.807, 2.05) is 0 Å². The number of ketones is 1. The van der Waals surface area contributed by atoms with Crippen molar-refractivity contribution in [3.63, 3.8) is 0 Å². The van der Waals surface area contributed by atoms with E-state index in [1.54, 1.807) is 38.3 Å². The number of Topliss-reactive ketones (excluding diaryl/α,β-unsaturated/α-hetero) is 1. The molecule has 0 aliphatic heterocycles. The van der Waals surface area contributed by atoms with Crippen molar-refractivity contribution in [2.75, 3.05) is 13.7 Å². The number of hydrogen-bond acceptors (Lipinski definition) is 4. The highest BCUT2D eigenvalue weighted by Gasteiger charge is 2.23. The maximum absolute atomic E-state index is 13.0. The van der Waals surface area contributed by atoms with Crippen LogP contribution in [0.3, 0.4) is 0 Å². The number of hydrogen-bond donors (Lipinski definition) is 2. The standard InChI is InChI=1S/C21H24FNO4/c1-21(26,16-8-10-17(22)11-9-16)14-23-20(25)5-3-4-19(24)15-6-12-18(27-2)13-7-15/h6-13,26H,3-5,14H2,1-2H3,(H,23,25). The molecule has 0 radical (unpaired) electrons. The SMILES string of the molecule is COc1ccc(C(=O)CCCC(=O)NCC(C)(O)c2ccc(F)cc2)cc1. The molecule has 0 aliphatic carbocycles. The van der Waals surface area contributed by atoms with Crippen LogP contribution in [-0.2, 0) is 10.4 Å². The van der Waals surface area contributed by atoms with Crippen LogP contribution in [-0.4, -0.2) is 30.5 Å². The van der Waals surface area contributed by atoms with Crippen LogP contribution in [0.1, 0.15) is 42.1 Å². The summed E-state index contributed by atoms with van der Waals surface area (Å²) in [6, 6.07) is 12.3. The van der Waals surface area contributed by atoms with Gasteiger partial charge in [-0.1, -0.05) is 12.1 Å². The molecule has 2 N–H and O–H groups in total. The minimum Gasteiger partial charge on any atom is -0.497 e. The lowest BCUT2D eigenvalue weighted by Gasteiger charge is -2.24. The summed E-state index contributed by atoms with van der Waals surface area (Å²) in [5, 5.41) is 13.1. The van der Waals surface area contributed by atoms with Crippen molar-refractivity contribution in [3.8, 4) is 5.75 Å². The number of methoxy groups -OCH3 is 1. The second-order valence-corrected chi connectivity index (χ2v) is 6.56. The molecule has 0 aliphatic rings. The fourth-order valence-corrected chi connectivity index (χ4v) is 2.60. The Hall–Kier alpha value is -2.73. The molecule has 27 heavy (non-hydrogen) atoms. The molecule has 1 atom stereocenters. The van der Waals surface area contributed by atoms with Gasteiger partial charge in [0.15, 0.2) is 5.78 Å². The average molecular weight is 373 g/mol. The normalized spacial score (nSPS) is 12.9. The Morgan fingerprint density at radius 3 is 2.30 bits per heavy atom. The van der Waals surface area contributed by atoms with Gasteiger partial charge in [0.05, 0.1) is 13.7 Å². The lowest BCUT2D eigenvalue weighted by Crippen LogP contribution is -2.38. The lowest BCUT2D eigenvalue weighted by molar-refractivity contribution is -0.122. The maximum atomic E-state index is 13.0. The smallest absolute Gasteiger partial charge is 0.220 e. The van der Waals surface area contributed by atoms with Gasteiger partial charge in [-0.25, -0.2) is 4.39 Å². The third-order valence-electron chi connectivity index (χ3n) is 4.32. The van der Waals surface area contributed by atoms with Gasteiger partial charge in [-0.2, -0.15) is 0 Å². The molecule has 0 bridgehead atoms. The van der Waals surface area contributed by atoms with E-state index in [0.717, 1.165) is 0 Å². The molecule has 6 heteroatoms. The van der Waals surface area contributed by atoms with Crippen molar-refractivity contribution < 1.29 is 23.8 Å². The Kier molecular flexibility index (Phi) is 7.07.